The van der Waals surface area contributed by atoms with Crippen molar-refractivity contribution in [2.75, 3.05) is 6.54 Å². The van der Waals surface area contributed by atoms with Crippen LogP contribution in [0.5, 0.6) is 0 Å². The maximum atomic E-state index is 11.4. The van der Waals surface area contributed by atoms with E-state index in [0.717, 1.165) is 25.7 Å². The number of rotatable bonds is 4. The summed E-state index contributed by atoms with van der Waals surface area (Å²) in [6.07, 6.45) is 4.94. The molecule has 16 heavy (non-hydrogen) atoms. The summed E-state index contributed by atoms with van der Waals surface area (Å²) in [6.45, 7) is 4.25. The number of nitrogens with one attached hydrogen (secondary N) is 1. The van der Waals surface area contributed by atoms with Crippen molar-refractivity contribution in [1.29, 1.82) is 0 Å². The summed E-state index contributed by atoms with van der Waals surface area (Å²) in [6, 6.07) is 0. The van der Waals surface area contributed by atoms with Crippen LogP contribution in [0.15, 0.2) is 0 Å². The molecular weight excluding hydrogens is 206 g/mol. The lowest BCUT2D eigenvalue weighted by atomic mass is 9.72. The van der Waals surface area contributed by atoms with E-state index in [1.807, 2.05) is 0 Å². The van der Waals surface area contributed by atoms with Gasteiger partial charge in [0, 0.05) is 6.42 Å². The van der Waals surface area contributed by atoms with Gasteiger partial charge in [-0.25, -0.2) is 0 Å². The van der Waals surface area contributed by atoms with Gasteiger partial charge in [-0.15, -0.1) is 0 Å². The first kappa shape index (κ1) is 13.0. The van der Waals surface area contributed by atoms with Crippen molar-refractivity contribution in [3.8, 4) is 0 Å². The smallest absolute Gasteiger partial charge is 0.322 e. The van der Waals surface area contributed by atoms with Gasteiger partial charge in [0.05, 0.1) is 0 Å². The quantitative estimate of drug-likeness (QED) is 0.769. The lowest BCUT2D eigenvalue weighted by Gasteiger charge is -2.34. The lowest BCUT2D eigenvalue weighted by molar-refractivity contribution is -0.138. The van der Waals surface area contributed by atoms with Gasteiger partial charge in [0.1, 0.15) is 6.54 Å². The number of carboxylic acids is 1. The van der Waals surface area contributed by atoms with Crippen molar-refractivity contribution in [3.63, 3.8) is 0 Å². The van der Waals surface area contributed by atoms with Crippen molar-refractivity contribution in [1.82, 2.24) is 5.32 Å². The van der Waals surface area contributed by atoms with Crippen LogP contribution < -0.4 is 5.32 Å². The summed E-state index contributed by atoms with van der Waals surface area (Å²) >= 11 is 0. The van der Waals surface area contributed by atoms with E-state index in [2.05, 4.69) is 19.2 Å². The molecule has 0 spiro atoms. The monoisotopic (exact) mass is 227 g/mol. The van der Waals surface area contributed by atoms with E-state index >= 15 is 0 Å². The van der Waals surface area contributed by atoms with Crippen LogP contribution >= 0.6 is 0 Å². The van der Waals surface area contributed by atoms with Crippen LogP contribution in [0.4, 0.5) is 0 Å². The normalized spacial score (nSPS) is 20.4. The minimum absolute atomic E-state index is 0.132. The van der Waals surface area contributed by atoms with Crippen LogP contribution in [-0.2, 0) is 9.59 Å². The number of carboxylic acid groups (broad SMARTS) is 1. The Morgan fingerprint density at radius 3 is 2.38 bits per heavy atom. The average molecular weight is 227 g/mol. The van der Waals surface area contributed by atoms with E-state index < -0.39 is 5.97 Å². The van der Waals surface area contributed by atoms with Crippen LogP contribution in [-0.4, -0.2) is 23.5 Å². The molecule has 0 radical (unpaired) electrons. The summed E-state index contributed by atoms with van der Waals surface area (Å²) in [5.74, 6) is -0.688. The van der Waals surface area contributed by atoms with Gasteiger partial charge in [0.15, 0.2) is 0 Å². The van der Waals surface area contributed by atoms with Gasteiger partial charge in [-0.05, 0) is 37.0 Å². The zero-order valence-corrected chi connectivity index (χ0v) is 10.1. The molecule has 0 aromatic heterocycles. The molecule has 0 heterocycles. The highest BCUT2D eigenvalue weighted by Gasteiger charge is 2.27. The summed E-state index contributed by atoms with van der Waals surface area (Å²) < 4.78 is 0. The van der Waals surface area contributed by atoms with Crippen LogP contribution in [0.3, 0.4) is 0 Å². The van der Waals surface area contributed by atoms with Gasteiger partial charge >= 0.3 is 5.97 Å². The highest BCUT2D eigenvalue weighted by atomic mass is 16.4. The number of aliphatic carboxylic acids is 1. The van der Waals surface area contributed by atoms with Crippen molar-refractivity contribution >= 4 is 11.9 Å². The van der Waals surface area contributed by atoms with Gasteiger partial charge in [0.2, 0.25) is 5.91 Å². The first-order chi connectivity index (χ1) is 7.39. The fourth-order valence-corrected chi connectivity index (χ4v) is 2.17. The molecule has 0 aromatic rings. The van der Waals surface area contributed by atoms with E-state index in [1.54, 1.807) is 0 Å². The fourth-order valence-electron chi connectivity index (χ4n) is 2.17. The molecule has 1 amide bonds. The van der Waals surface area contributed by atoms with Gasteiger partial charge in [0.25, 0.3) is 0 Å². The summed E-state index contributed by atoms with van der Waals surface area (Å²) in [4.78, 5) is 21.7. The van der Waals surface area contributed by atoms with Crippen LogP contribution in [0.2, 0.25) is 0 Å². The molecule has 0 atom stereocenters. The Morgan fingerprint density at radius 1 is 1.31 bits per heavy atom. The molecule has 1 saturated carbocycles. The number of hydrogen-bond acceptors (Lipinski definition) is 2. The third-order valence-corrected chi connectivity index (χ3v) is 3.37. The zero-order valence-electron chi connectivity index (χ0n) is 10.1. The first-order valence-corrected chi connectivity index (χ1v) is 5.87. The standard InChI is InChI=1S/C12H21NO3/c1-12(2)5-3-9(4-6-12)7-10(14)13-8-11(15)16/h9H,3-8H2,1-2H3,(H,13,14)(H,15,16). The van der Waals surface area contributed by atoms with Gasteiger partial charge < -0.3 is 10.4 Å². The maximum absolute atomic E-state index is 11.4. The second-order valence-corrected chi connectivity index (χ2v) is 5.48. The predicted molar refractivity (Wildman–Crippen MR) is 61.0 cm³/mol. The molecule has 1 aliphatic rings. The third kappa shape index (κ3) is 4.64. The maximum Gasteiger partial charge on any atom is 0.322 e. The molecule has 92 valence electrons. The molecule has 0 saturated heterocycles. The highest BCUT2D eigenvalue weighted by Crippen LogP contribution is 2.38. The molecule has 1 aliphatic carbocycles. The predicted octanol–water partition coefficient (Wildman–Crippen LogP) is 1.79. The number of carbonyl (C=O) groups is 2. The lowest BCUT2D eigenvalue weighted by Crippen LogP contribution is -2.32. The Hall–Kier alpha value is -1.06. The number of hydrogen-bond donors (Lipinski definition) is 2. The zero-order chi connectivity index (χ0) is 12.2. The molecule has 4 heteroatoms. The summed E-state index contributed by atoms with van der Waals surface area (Å²) in [5.41, 5.74) is 0.411. The second kappa shape index (κ2) is 5.32. The average Bonchev–Trinajstić information content (AvgIpc) is 2.18. The van der Waals surface area contributed by atoms with Crippen molar-refractivity contribution in [3.05, 3.63) is 0 Å². The van der Waals surface area contributed by atoms with Crippen molar-refractivity contribution in [2.45, 2.75) is 46.0 Å². The summed E-state index contributed by atoms with van der Waals surface area (Å²) in [7, 11) is 0. The molecular formula is C12H21NO3. The first-order valence-electron chi connectivity index (χ1n) is 5.87. The topological polar surface area (TPSA) is 66.4 Å². The van der Waals surface area contributed by atoms with Gasteiger partial charge in [-0.1, -0.05) is 13.8 Å². The minimum atomic E-state index is -0.988. The molecule has 0 unspecified atom stereocenters. The Kier molecular flexibility index (Phi) is 4.33. The van der Waals surface area contributed by atoms with Gasteiger partial charge in [-0.2, -0.15) is 0 Å². The Bertz CT molecular complexity index is 263. The number of carbonyl (C=O) groups excluding carboxylic acids is 1. The van der Waals surface area contributed by atoms with Crippen molar-refractivity contribution < 1.29 is 14.7 Å². The minimum Gasteiger partial charge on any atom is -0.480 e. The Balaban J connectivity index is 2.23. The molecule has 0 aromatic carbocycles. The van der Waals surface area contributed by atoms with E-state index in [-0.39, 0.29) is 12.5 Å². The van der Waals surface area contributed by atoms with Gasteiger partial charge in [-0.3, -0.25) is 9.59 Å². The molecule has 4 nitrogen and oxygen atoms in total. The second-order valence-electron chi connectivity index (χ2n) is 5.48. The fraction of sp³-hybridized carbons (Fsp3) is 0.833. The molecule has 1 fully saturated rings. The Labute approximate surface area is 96.4 Å². The molecule has 0 aliphatic heterocycles. The highest BCUT2D eigenvalue weighted by molar-refractivity contribution is 5.81. The Morgan fingerprint density at radius 2 is 1.88 bits per heavy atom. The van der Waals surface area contributed by atoms with E-state index in [1.165, 1.54) is 0 Å². The largest absolute Gasteiger partial charge is 0.480 e. The third-order valence-electron chi connectivity index (χ3n) is 3.37. The van der Waals surface area contributed by atoms with E-state index in [9.17, 15) is 9.59 Å². The van der Waals surface area contributed by atoms with E-state index in [0.29, 0.717) is 17.8 Å². The molecule has 0 bridgehead atoms. The number of amides is 1. The van der Waals surface area contributed by atoms with Crippen LogP contribution in [0.1, 0.15) is 46.0 Å². The molecule has 1 rings (SSSR count). The SMILES string of the molecule is CC1(C)CCC(CC(=O)NCC(=O)O)CC1. The van der Waals surface area contributed by atoms with Crippen LogP contribution in [0, 0.1) is 11.3 Å². The summed E-state index contributed by atoms with van der Waals surface area (Å²) in [5, 5.41) is 10.8. The molecule has 2 N–H and O–H groups in total. The van der Waals surface area contributed by atoms with Crippen LogP contribution in [0.25, 0.3) is 0 Å². The van der Waals surface area contributed by atoms with Crippen molar-refractivity contribution in [2.24, 2.45) is 11.3 Å². The van der Waals surface area contributed by atoms with E-state index in [4.69, 9.17) is 5.11 Å².